The van der Waals surface area contributed by atoms with Gasteiger partial charge in [-0.2, -0.15) is 0 Å². The number of benzene rings is 1. The van der Waals surface area contributed by atoms with Gasteiger partial charge in [-0.1, -0.05) is 130 Å². The molecule has 2 heterocycles. The Labute approximate surface area is 408 Å². The van der Waals surface area contributed by atoms with Crippen LogP contribution in [0.2, 0.25) is 72.5 Å². The Morgan fingerprint density at radius 2 is 1.34 bits per heavy atom. The van der Waals surface area contributed by atoms with E-state index in [1.165, 1.54) is 0 Å². The van der Waals surface area contributed by atoms with Crippen LogP contribution in [0.25, 0.3) is 0 Å². The molecule has 2 aliphatic heterocycles. The van der Waals surface area contributed by atoms with E-state index in [-0.39, 0.29) is 45.6 Å². The fourth-order valence-electron chi connectivity index (χ4n) is 7.79. The average Bonchev–Trinajstić information content (AvgIpc) is 3.19. The molecule has 2 saturated heterocycles. The van der Waals surface area contributed by atoms with Crippen molar-refractivity contribution < 1.29 is 41.5 Å². The highest BCUT2D eigenvalue weighted by molar-refractivity contribution is 9.11. The molecule has 1 aromatic carbocycles. The van der Waals surface area contributed by atoms with Crippen LogP contribution < -0.4 is 0 Å². The van der Waals surface area contributed by atoms with Gasteiger partial charge in [-0.3, -0.25) is 4.79 Å². The van der Waals surface area contributed by atoms with Crippen molar-refractivity contribution in [3.63, 3.8) is 0 Å². The lowest BCUT2D eigenvalue weighted by Crippen LogP contribution is -2.69. The second kappa shape index (κ2) is 23.7. The summed E-state index contributed by atoms with van der Waals surface area (Å²) in [5.74, 6) is -0.517. The second-order valence-electron chi connectivity index (χ2n) is 23.3. The lowest BCUT2D eigenvalue weighted by atomic mass is 9.87. The van der Waals surface area contributed by atoms with Crippen LogP contribution in [0.3, 0.4) is 0 Å². The molecule has 0 aliphatic carbocycles. The molecule has 2 aliphatic rings. The van der Waals surface area contributed by atoms with Crippen LogP contribution in [-0.2, 0) is 36.7 Å². The number of carbonyl (C=O) groups excluding carboxylic acids is 2. The molecule has 8 atom stereocenters. The highest BCUT2D eigenvalue weighted by Gasteiger charge is 2.58. The quantitative estimate of drug-likeness (QED) is 0.0603. The van der Waals surface area contributed by atoms with Crippen LogP contribution in [0.4, 0.5) is 0 Å². The van der Waals surface area contributed by atoms with Gasteiger partial charge in [0, 0.05) is 19.4 Å². The van der Waals surface area contributed by atoms with Crippen molar-refractivity contribution in [1.29, 1.82) is 0 Å². The first-order valence-electron chi connectivity index (χ1n) is 24.6. The molecule has 0 N–H and O–H groups in total. The molecule has 0 aromatic heterocycles. The fraction of sp³-hybridized carbons (Fsp3) is 0.765. The van der Waals surface area contributed by atoms with Crippen LogP contribution in [-0.4, -0.2) is 100 Å². The average molecular weight is 1040 g/mol. The summed E-state index contributed by atoms with van der Waals surface area (Å²) in [6.45, 7) is 45.6. The molecule has 1 aromatic rings. The van der Waals surface area contributed by atoms with Crippen molar-refractivity contribution in [2.24, 2.45) is 0 Å². The SMILES string of the molecule is C=C(Br)CC(CCC(=O)C=CC(O[Si](C)(C)C(C)(C)C)[C@@H]1O[C@H]2CC[C@H](CCO[Si](CC)(CC)CC)O[C@@H]2[C@H](O[Si](C)(C)C(C)(C)C)[C@@H]1O[Si](C)(C)C(C)(C)C)OC(=O)c1ccccc1. The van der Waals surface area contributed by atoms with E-state index in [1.54, 1.807) is 30.3 Å². The monoisotopic (exact) mass is 1040 g/mol. The van der Waals surface area contributed by atoms with E-state index in [2.05, 4.69) is 145 Å². The Kier molecular flexibility index (Phi) is 21.2. The molecule has 3 rings (SSSR count). The first-order chi connectivity index (χ1) is 29.8. The Bertz CT molecular complexity index is 1700. The third kappa shape index (κ3) is 16.3. The van der Waals surface area contributed by atoms with E-state index in [0.717, 1.165) is 37.4 Å². The molecule has 2 fully saturated rings. The number of fused-ring (bicyclic) bond motifs is 1. The summed E-state index contributed by atoms with van der Waals surface area (Å²) >= 11 is 3.45. The van der Waals surface area contributed by atoms with Crippen LogP contribution in [0.15, 0.2) is 53.5 Å². The molecule has 9 nitrogen and oxygen atoms in total. The van der Waals surface area contributed by atoms with E-state index in [9.17, 15) is 9.59 Å². The number of ketones is 1. The maximum Gasteiger partial charge on any atom is 0.338 e. The minimum absolute atomic E-state index is 0.0157. The van der Waals surface area contributed by atoms with Crippen LogP contribution in [0.1, 0.15) is 132 Å². The van der Waals surface area contributed by atoms with Crippen LogP contribution in [0.5, 0.6) is 0 Å². The molecule has 0 saturated carbocycles. The van der Waals surface area contributed by atoms with Crippen molar-refractivity contribution in [2.45, 2.75) is 243 Å². The van der Waals surface area contributed by atoms with E-state index in [1.807, 2.05) is 12.1 Å². The summed E-state index contributed by atoms with van der Waals surface area (Å²) in [6, 6.07) is 12.3. The number of hydrogen-bond acceptors (Lipinski definition) is 9. The van der Waals surface area contributed by atoms with Crippen molar-refractivity contribution in [3.05, 3.63) is 59.1 Å². The van der Waals surface area contributed by atoms with Crippen molar-refractivity contribution in [1.82, 2.24) is 0 Å². The van der Waals surface area contributed by atoms with Crippen LogP contribution >= 0.6 is 15.9 Å². The number of allylic oxidation sites excluding steroid dienone is 1. The number of rotatable bonds is 23. The maximum absolute atomic E-state index is 14.0. The van der Waals surface area contributed by atoms with Crippen LogP contribution in [0, 0.1) is 0 Å². The van der Waals surface area contributed by atoms with Gasteiger partial charge >= 0.3 is 5.97 Å². The molecule has 2 unspecified atom stereocenters. The summed E-state index contributed by atoms with van der Waals surface area (Å²) < 4.78 is 50.6. The minimum Gasteiger partial charge on any atom is -0.458 e. The minimum atomic E-state index is -2.49. The number of carbonyl (C=O) groups is 2. The van der Waals surface area contributed by atoms with E-state index in [0.29, 0.717) is 29.5 Å². The third-order valence-corrected chi connectivity index (χ3v) is 34.0. The van der Waals surface area contributed by atoms with Crippen molar-refractivity contribution >= 4 is 61.0 Å². The summed E-state index contributed by atoms with van der Waals surface area (Å²) in [5.41, 5.74) is 0.464. The topological polar surface area (TPSA) is 98.8 Å². The van der Waals surface area contributed by atoms with E-state index < -0.39 is 69.8 Å². The van der Waals surface area contributed by atoms with Crippen molar-refractivity contribution in [2.75, 3.05) is 6.61 Å². The molecule has 0 bridgehead atoms. The van der Waals surface area contributed by atoms with Gasteiger partial charge in [-0.15, -0.1) is 0 Å². The smallest absolute Gasteiger partial charge is 0.338 e. The fourth-order valence-corrected chi connectivity index (χ4v) is 14.7. The number of esters is 1. The van der Waals surface area contributed by atoms with Gasteiger partial charge in [-0.25, -0.2) is 4.79 Å². The Balaban J connectivity index is 2.12. The van der Waals surface area contributed by atoms with E-state index >= 15 is 0 Å². The number of ether oxygens (including phenoxy) is 3. The largest absolute Gasteiger partial charge is 0.458 e. The normalized spacial score (nSPS) is 23.8. The third-order valence-electron chi connectivity index (χ3n) is 15.5. The van der Waals surface area contributed by atoms with Gasteiger partial charge in [0.15, 0.2) is 39.1 Å². The van der Waals surface area contributed by atoms with Gasteiger partial charge in [0.05, 0.1) is 23.9 Å². The molecule has 0 amide bonds. The zero-order valence-electron chi connectivity index (χ0n) is 44.0. The summed E-state index contributed by atoms with van der Waals surface area (Å²) in [4.78, 5) is 27.1. The molecule has 14 heteroatoms. The predicted octanol–water partition coefficient (Wildman–Crippen LogP) is 14.3. The van der Waals surface area contributed by atoms with Crippen molar-refractivity contribution in [3.8, 4) is 0 Å². The maximum atomic E-state index is 14.0. The van der Waals surface area contributed by atoms with Gasteiger partial charge in [0.25, 0.3) is 0 Å². The first kappa shape index (κ1) is 58.3. The lowest BCUT2D eigenvalue weighted by molar-refractivity contribution is -0.267. The molecule has 0 radical (unpaired) electrons. The first-order valence-corrected chi connectivity index (χ1v) is 36.7. The molecule has 65 heavy (non-hydrogen) atoms. The zero-order valence-corrected chi connectivity index (χ0v) is 49.6. The molecular weight excluding hydrogens is 949 g/mol. The number of halogens is 1. The Morgan fingerprint density at radius 1 is 0.800 bits per heavy atom. The van der Waals surface area contributed by atoms with Gasteiger partial charge in [0.1, 0.15) is 30.5 Å². The molecule has 372 valence electrons. The second-order valence-corrected chi connectivity index (χ2v) is 43.5. The predicted molar refractivity (Wildman–Crippen MR) is 282 cm³/mol. The zero-order chi connectivity index (χ0) is 49.4. The summed E-state index contributed by atoms with van der Waals surface area (Å²) in [7, 11) is -9.15. The van der Waals surface area contributed by atoms with Gasteiger partial charge < -0.3 is 31.9 Å². The Hall–Kier alpha value is -1.05. The lowest BCUT2D eigenvalue weighted by Gasteiger charge is -2.56. The number of hydrogen-bond donors (Lipinski definition) is 0. The Morgan fingerprint density at radius 3 is 1.85 bits per heavy atom. The highest BCUT2D eigenvalue weighted by atomic mass is 79.9. The van der Waals surface area contributed by atoms with E-state index in [4.69, 9.17) is 31.9 Å². The standard InChI is InChI=1S/C51H91BrO9Si4/c1-20-65(21-2,22-3)55-35-34-40-31-33-42-44(56-40)46(60-63(16,17)50(8,9)10)47(61-64(18,19)51(11,12)13)45(58-42)43(59-62(14,15)49(5,6)7)32-29-39(53)28-30-41(36-37(4)52)57-48(54)38-26-24-23-25-27-38/h23-27,29,32,40-47H,4,20-22,28,30-31,33-36H2,1-3,5-19H3/t40-,41?,42+,43?,44+,45+,46+,47-/m1/s1. The summed E-state index contributed by atoms with van der Waals surface area (Å²) in [6.07, 6.45) is 3.69. The highest BCUT2D eigenvalue weighted by Crippen LogP contribution is 2.47. The van der Waals surface area contributed by atoms with Gasteiger partial charge in [0.2, 0.25) is 0 Å². The molecule has 0 spiro atoms. The van der Waals surface area contributed by atoms with Gasteiger partial charge in [-0.05, 0) is 121 Å². The summed E-state index contributed by atoms with van der Waals surface area (Å²) in [5, 5.41) is -0.315. The molecular formula is C51H91BrO9Si4.